The second kappa shape index (κ2) is 10.9. The maximum absolute atomic E-state index is 12.5. The smallest absolute Gasteiger partial charge is 1.00 e. The van der Waals surface area contributed by atoms with Crippen molar-refractivity contribution >= 4 is 45.3 Å². The summed E-state index contributed by atoms with van der Waals surface area (Å²) >= 11 is 0. The molecule has 4 nitrogen and oxygen atoms in total. The maximum Gasteiger partial charge on any atom is 2.00 e. The van der Waals surface area contributed by atoms with Gasteiger partial charge in [0.2, 0.25) is 0 Å². The van der Waals surface area contributed by atoms with Gasteiger partial charge in [-0.15, -0.1) is 0 Å². The fourth-order valence-electron chi connectivity index (χ4n) is 2.54. The van der Waals surface area contributed by atoms with Crippen molar-refractivity contribution in [2.24, 2.45) is 0 Å². The molecule has 0 radical (unpaired) electrons. The molecule has 1 aromatic carbocycles. The Labute approximate surface area is 159 Å². The Morgan fingerprint density at radius 2 is 1.52 bits per heavy atom. The van der Waals surface area contributed by atoms with Gasteiger partial charge in [-0.3, -0.25) is 0 Å². The summed E-state index contributed by atoms with van der Waals surface area (Å²) in [4.78, 5) is 23.5. The van der Waals surface area contributed by atoms with Crippen molar-refractivity contribution in [3.05, 3.63) is 35.4 Å². The number of hydrogen-bond donors (Lipinski definition) is 1. The number of carboxylic acids is 1. The zero-order chi connectivity index (χ0) is 16.6. The van der Waals surface area contributed by atoms with E-state index in [1.807, 2.05) is 0 Å². The van der Waals surface area contributed by atoms with Gasteiger partial charge < -0.3 is 12.1 Å². The number of aromatic carboxylic acids is 1. The van der Waals surface area contributed by atoms with Gasteiger partial charge in [-0.2, -0.15) is 0 Å². The Morgan fingerprint density at radius 3 is 1.96 bits per heavy atom. The fraction of sp³-hybridized carbons (Fsp3) is 0.529. The number of rotatable bonds is 9. The number of carbonyl (C=O) groups is 2. The molecule has 1 aromatic rings. The standard InChI is InChI=1S/C17H26O4S.Mg.2H/c1-4-10-22(11-5-2,12-6-3)21-17(20)15-9-7-8-14(13-15)16(18)19;;;/h7-9,13H,4-6,10-12H2,1-3H3,(H,18,19);;;/q;+2;2*-1. The van der Waals surface area contributed by atoms with E-state index in [9.17, 15) is 9.59 Å². The Hall–Kier alpha value is -0.724. The first-order valence-electron chi connectivity index (χ1n) is 7.81. The molecule has 1 rings (SSSR count). The SMILES string of the molecule is CCCS(CCC)(CCC)OC(=O)c1cccc(C(=O)O)c1.[H-].[H-].[Mg+2]. The summed E-state index contributed by atoms with van der Waals surface area (Å²) in [6.07, 6.45) is 2.95. The van der Waals surface area contributed by atoms with E-state index in [1.54, 1.807) is 12.1 Å². The van der Waals surface area contributed by atoms with E-state index in [0.717, 1.165) is 36.5 Å². The molecule has 0 saturated heterocycles. The molecule has 1 N–H and O–H groups in total. The van der Waals surface area contributed by atoms with Crippen LogP contribution < -0.4 is 0 Å². The van der Waals surface area contributed by atoms with Gasteiger partial charge in [0.25, 0.3) is 0 Å². The van der Waals surface area contributed by atoms with Crippen molar-refractivity contribution in [2.45, 2.75) is 40.0 Å². The van der Waals surface area contributed by atoms with Crippen LogP contribution in [0.3, 0.4) is 0 Å². The normalized spacial score (nSPS) is 11.4. The van der Waals surface area contributed by atoms with Crippen LogP contribution in [0.4, 0.5) is 0 Å². The second-order valence-corrected chi connectivity index (χ2v) is 8.66. The third-order valence-corrected chi connectivity index (χ3v) is 7.29. The Kier molecular flexibility index (Phi) is 10.6. The molecule has 23 heavy (non-hydrogen) atoms. The molecule has 0 spiro atoms. The zero-order valence-electron chi connectivity index (χ0n) is 16.3. The predicted octanol–water partition coefficient (Wildman–Crippen LogP) is 4.34. The monoisotopic (exact) mass is 352 g/mol. The minimum absolute atomic E-state index is 0. The summed E-state index contributed by atoms with van der Waals surface area (Å²) in [5.74, 6) is 1.31. The average molecular weight is 353 g/mol. The van der Waals surface area contributed by atoms with Crippen LogP contribution in [-0.4, -0.2) is 57.4 Å². The molecule has 128 valence electrons. The van der Waals surface area contributed by atoms with E-state index in [4.69, 9.17) is 9.29 Å². The predicted molar refractivity (Wildman–Crippen MR) is 99.9 cm³/mol. The van der Waals surface area contributed by atoms with Crippen molar-refractivity contribution in [3.8, 4) is 0 Å². The molecule has 0 atom stereocenters. The molecular formula is C17H28MgO4S. The van der Waals surface area contributed by atoms with E-state index < -0.39 is 22.2 Å². The Balaban J connectivity index is -0.00000161. The van der Waals surface area contributed by atoms with Gasteiger partial charge in [0.1, 0.15) is 0 Å². The molecule has 0 aliphatic heterocycles. The first kappa shape index (κ1) is 22.3. The molecule has 0 aliphatic carbocycles. The maximum atomic E-state index is 12.5. The summed E-state index contributed by atoms with van der Waals surface area (Å²) in [6, 6.07) is 6.06. The molecule has 0 amide bonds. The summed E-state index contributed by atoms with van der Waals surface area (Å²) in [5.41, 5.74) is 0.427. The minimum Gasteiger partial charge on any atom is -1.00 e. The average Bonchev–Trinajstić information content (AvgIpc) is 2.48. The van der Waals surface area contributed by atoms with Crippen LogP contribution in [0.5, 0.6) is 0 Å². The minimum atomic E-state index is -1.42. The van der Waals surface area contributed by atoms with Crippen molar-refractivity contribution in [2.75, 3.05) is 17.3 Å². The van der Waals surface area contributed by atoms with E-state index in [2.05, 4.69) is 20.8 Å². The van der Waals surface area contributed by atoms with Crippen molar-refractivity contribution in [1.82, 2.24) is 0 Å². The van der Waals surface area contributed by atoms with Crippen LogP contribution in [-0.2, 0) is 4.18 Å². The molecule has 0 aromatic heterocycles. The van der Waals surface area contributed by atoms with Crippen LogP contribution in [0.15, 0.2) is 24.3 Å². The number of benzene rings is 1. The van der Waals surface area contributed by atoms with E-state index in [0.29, 0.717) is 5.56 Å². The van der Waals surface area contributed by atoms with Gasteiger partial charge in [0.05, 0.1) is 11.1 Å². The van der Waals surface area contributed by atoms with Gasteiger partial charge >= 0.3 is 35.0 Å². The summed E-state index contributed by atoms with van der Waals surface area (Å²) in [7, 11) is -1.42. The van der Waals surface area contributed by atoms with Crippen molar-refractivity contribution in [3.63, 3.8) is 0 Å². The molecular weight excluding hydrogens is 325 g/mol. The van der Waals surface area contributed by atoms with Crippen molar-refractivity contribution < 1.29 is 21.7 Å². The summed E-state index contributed by atoms with van der Waals surface area (Å²) in [5, 5.41) is 9.03. The molecule has 0 aliphatic rings. The van der Waals surface area contributed by atoms with E-state index in [-0.39, 0.29) is 31.5 Å². The molecule has 0 saturated carbocycles. The number of carbonyl (C=O) groups excluding carboxylic acids is 1. The van der Waals surface area contributed by atoms with Gasteiger partial charge in [-0.1, -0.05) is 37.1 Å². The first-order chi connectivity index (χ1) is 10.5. The molecule has 0 bridgehead atoms. The number of carboxylic acid groups (broad SMARTS) is 1. The van der Waals surface area contributed by atoms with Gasteiger partial charge in [-0.05, 0) is 37.5 Å². The third kappa shape index (κ3) is 6.73. The summed E-state index contributed by atoms with van der Waals surface area (Å²) in [6.45, 7) is 6.31. The Morgan fingerprint density at radius 1 is 1.04 bits per heavy atom. The van der Waals surface area contributed by atoms with E-state index in [1.165, 1.54) is 12.1 Å². The van der Waals surface area contributed by atoms with Crippen LogP contribution in [0.25, 0.3) is 0 Å². The van der Waals surface area contributed by atoms with Crippen LogP contribution in [0.1, 0.15) is 63.6 Å². The first-order valence-corrected chi connectivity index (χ1v) is 9.88. The van der Waals surface area contributed by atoms with Gasteiger partial charge in [0, 0.05) is 17.3 Å². The molecule has 0 fully saturated rings. The Bertz CT molecular complexity index is 512. The topological polar surface area (TPSA) is 63.6 Å². The van der Waals surface area contributed by atoms with E-state index >= 15 is 0 Å². The van der Waals surface area contributed by atoms with Crippen LogP contribution in [0, 0.1) is 0 Å². The summed E-state index contributed by atoms with van der Waals surface area (Å²) < 4.78 is 5.93. The quantitative estimate of drug-likeness (QED) is 0.672. The van der Waals surface area contributed by atoms with Crippen LogP contribution >= 0.6 is 10.3 Å². The fourth-order valence-corrected chi connectivity index (χ4v) is 6.05. The van der Waals surface area contributed by atoms with Crippen LogP contribution in [0.2, 0.25) is 0 Å². The van der Waals surface area contributed by atoms with Gasteiger partial charge in [-0.25, -0.2) is 9.59 Å². The zero-order valence-corrected chi connectivity index (χ0v) is 16.6. The molecule has 6 heteroatoms. The third-order valence-electron chi connectivity index (χ3n) is 3.33. The number of hydrogen-bond acceptors (Lipinski definition) is 3. The second-order valence-electron chi connectivity index (χ2n) is 5.34. The molecule has 0 unspecified atom stereocenters. The molecule has 0 heterocycles. The van der Waals surface area contributed by atoms with Gasteiger partial charge in [0.15, 0.2) is 0 Å². The largest absolute Gasteiger partial charge is 2.00 e. The van der Waals surface area contributed by atoms with Crippen molar-refractivity contribution in [1.29, 1.82) is 0 Å².